The molecule has 0 aliphatic rings. The van der Waals surface area contributed by atoms with Crippen LogP contribution in [0.2, 0.25) is 0 Å². The van der Waals surface area contributed by atoms with Crippen LogP contribution in [0.15, 0.2) is 12.1 Å². The monoisotopic (exact) mass is 408 g/mol. The summed E-state index contributed by atoms with van der Waals surface area (Å²) in [5.74, 6) is 0.863. The molecular weight excluding hydrogens is 387 g/mol. The van der Waals surface area contributed by atoms with E-state index in [1.807, 2.05) is 0 Å². The fourth-order valence-electron chi connectivity index (χ4n) is 1.73. The molecule has 112 valence electrons. The Morgan fingerprint density at radius 3 is 2.75 bits per heavy atom. The van der Waals surface area contributed by atoms with Crippen molar-refractivity contribution >= 4 is 45.6 Å². The average molecular weight is 408 g/mol. The number of aromatic hydroxyl groups is 1. The molecule has 0 radical (unpaired) electrons. The quantitative estimate of drug-likeness (QED) is 0.363. The van der Waals surface area contributed by atoms with Crippen LogP contribution in [0.3, 0.4) is 0 Å². The zero-order valence-electron chi connectivity index (χ0n) is 11.8. The first-order valence-electron chi connectivity index (χ1n) is 6.69. The minimum Gasteiger partial charge on any atom is -0.507 e. The molecule has 6 heteroatoms. The van der Waals surface area contributed by atoms with Gasteiger partial charge >= 0.3 is 0 Å². The van der Waals surface area contributed by atoms with Gasteiger partial charge in [-0.3, -0.25) is 0 Å². The molecule has 1 rings (SSSR count). The van der Waals surface area contributed by atoms with Crippen LogP contribution in [0.5, 0.6) is 11.5 Å². The maximum Gasteiger partial charge on any atom is 0.170 e. The number of rotatable bonds is 7. The molecular formula is C14H21IN2O2S. The van der Waals surface area contributed by atoms with Crippen molar-refractivity contribution in [2.24, 2.45) is 0 Å². The van der Waals surface area contributed by atoms with Gasteiger partial charge in [0.2, 0.25) is 0 Å². The van der Waals surface area contributed by atoms with E-state index in [2.05, 4.69) is 40.1 Å². The van der Waals surface area contributed by atoms with Gasteiger partial charge in [-0.2, -0.15) is 0 Å². The van der Waals surface area contributed by atoms with E-state index in [4.69, 9.17) is 17.0 Å². The van der Waals surface area contributed by atoms with E-state index in [1.54, 1.807) is 19.2 Å². The predicted molar refractivity (Wildman–Crippen MR) is 95.7 cm³/mol. The first-order valence-corrected chi connectivity index (χ1v) is 8.18. The topological polar surface area (TPSA) is 53.5 Å². The number of hydrogen-bond acceptors (Lipinski definition) is 3. The van der Waals surface area contributed by atoms with Crippen molar-refractivity contribution in [3.8, 4) is 11.5 Å². The van der Waals surface area contributed by atoms with Gasteiger partial charge in [0, 0.05) is 12.6 Å². The molecule has 0 fully saturated rings. The SMILES string of the molecule is CCCCCCNC(=S)Nc1cc(O)c(I)cc1OC. The first kappa shape index (κ1) is 17.3. The lowest BCUT2D eigenvalue weighted by Gasteiger charge is -2.14. The number of nitrogens with one attached hydrogen (secondary N) is 2. The van der Waals surface area contributed by atoms with E-state index < -0.39 is 0 Å². The molecule has 0 heterocycles. The molecule has 0 atom stereocenters. The Balaban J connectivity index is 2.51. The molecule has 4 nitrogen and oxygen atoms in total. The number of phenols is 1. The van der Waals surface area contributed by atoms with Crippen molar-refractivity contribution in [2.45, 2.75) is 32.6 Å². The Morgan fingerprint density at radius 1 is 1.35 bits per heavy atom. The first-order chi connectivity index (χ1) is 9.58. The van der Waals surface area contributed by atoms with Crippen molar-refractivity contribution in [2.75, 3.05) is 19.0 Å². The number of thiocarbonyl (C=S) groups is 1. The Labute approximate surface area is 139 Å². The van der Waals surface area contributed by atoms with Crippen LogP contribution in [0, 0.1) is 3.57 Å². The Kier molecular flexibility index (Phi) is 7.98. The summed E-state index contributed by atoms with van der Waals surface area (Å²) in [4.78, 5) is 0. The second-order valence-corrected chi connectivity index (χ2v) is 6.02. The van der Waals surface area contributed by atoms with Crippen molar-refractivity contribution in [1.29, 1.82) is 0 Å². The number of halogens is 1. The Hall–Kier alpha value is -0.760. The number of ether oxygens (including phenoxy) is 1. The molecule has 0 aromatic heterocycles. The summed E-state index contributed by atoms with van der Waals surface area (Å²) >= 11 is 7.29. The average Bonchev–Trinajstić information content (AvgIpc) is 2.42. The lowest BCUT2D eigenvalue weighted by molar-refractivity contribution is 0.413. The van der Waals surface area contributed by atoms with Gasteiger partial charge in [0.05, 0.1) is 16.4 Å². The summed E-state index contributed by atoms with van der Waals surface area (Å²) < 4.78 is 6.01. The fraction of sp³-hybridized carbons (Fsp3) is 0.500. The van der Waals surface area contributed by atoms with E-state index in [-0.39, 0.29) is 5.75 Å². The molecule has 20 heavy (non-hydrogen) atoms. The summed E-state index contributed by atoms with van der Waals surface area (Å²) in [5.41, 5.74) is 0.663. The fourth-order valence-corrected chi connectivity index (χ4v) is 2.38. The molecule has 0 saturated carbocycles. The summed E-state index contributed by atoms with van der Waals surface area (Å²) in [6.07, 6.45) is 4.78. The minimum atomic E-state index is 0.208. The van der Waals surface area contributed by atoms with E-state index in [0.717, 1.165) is 16.5 Å². The van der Waals surface area contributed by atoms with Crippen LogP contribution in [-0.2, 0) is 0 Å². The van der Waals surface area contributed by atoms with Gasteiger partial charge < -0.3 is 20.5 Å². The molecule has 0 bridgehead atoms. The number of hydrogen-bond donors (Lipinski definition) is 3. The summed E-state index contributed by atoms with van der Waals surface area (Å²) in [6.45, 7) is 3.04. The maximum absolute atomic E-state index is 9.74. The molecule has 0 amide bonds. The standard InChI is InChI=1S/C14H21IN2O2S/c1-3-4-5-6-7-16-14(20)17-11-9-12(18)10(15)8-13(11)19-2/h8-9,18H,3-7H2,1-2H3,(H2,16,17,20). The second-order valence-electron chi connectivity index (χ2n) is 4.45. The number of methoxy groups -OCH3 is 1. The Morgan fingerprint density at radius 2 is 2.10 bits per heavy atom. The third-order valence-electron chi connectivity index (χ3n) is 2.83. The largest absolute Gasteiger partial charge is 0.507 e. The third kappa shape index (κ3) is 5.70. The van der Waals surface area contributed by atoms with E-state index in [9.17, 15) is 5.11 Å². The van der Waals surface area contributed by atoms with E-state index in [1.165, 1.54) is 19.3 Å². The van der Waals surface area contributed by atoms with Crippen LogP contribution in [0.1, 0.15) is 32.6 Å². The zero-order chi connectivity index (χ0) is 15.0. The van der Waals surface area contributed by atoms with Crippen molar-refractivity contribution in [3.63, 3.8) is 0 Å². The van der Waals surface area contributed by atoms with Crippen molar-refractivity contribution in [1.82, 2.24) is 5.32 Å². The van der Waals surface area contributed by atoms with E-state index >= 15 is 0 Å². The lowest BCUT2D eigenvalue weighted by atomic mass is 10.2. The van der Waals surface area contributed by atoms with Crippen molar-refractivity contribution in [3.05, 3.63) is 15.7 Å². The van der Waals surface area contributed by atoms with Gasteiger partial charge in [-0.15, -0.1) is 0 Å². The highest BCUT2D eigenvalue weighted by molar-refractivity contribution is 14.1. The molecule has 3 N–H and O–H groups in total. The van der Waals surface area contributed by atoms with Crippen LogP contribution in [0.25, 0.3) is 0 Å². The van der Waals surface area contributed by atoms with Gasteiger partial charge in [0.15, 0.2) is 5.11 Å². The smallest absolute Gasteiger partial charge is 0.170 e. The van der Waals surface area contributed by atoms with Crippen LogP contribution < -0.4 is 15.4 Å². The normalized spacial score (nSPS) is 10.2. The summed E-state index contributed by atoms with van der Waals surface area (Å²) in [7, 11) is 1.59. The number of anilines is 1. The van der Waals surface area contributed by atoms with Crippen LogP contribution in [-0.4, -0.2) is 23.9 Å². The second kappa shape index (κ2) is 9.23. The summed E-state index contributed by atoms with van der Waals surface area (Å²) in [5, 5.41) is 16.5. The van der Waals surface area contributed by atoms with Gasteiger partial charge in [-0.05, 0) is 47.3 Å². The molecule has 0 saturated heterocycles. The highest BCUT2D eigenvalue weighted by Crippen LogP contribution is 2.32. The predicted octanol–water partition coefficient (Wildman–Crippen LogP) is 3.87. The van der Waals surface area contributed by atoms with Crippen LogP contribution >= 0.6 is 34.8 Å². The molecule has 0 aliphatic heterocycles. The molecule has 0 aliphatic carbocycles. The summed E-state index contributed by atoms with van der Waals surface area (Å²) in [6, 6.07) is 3.38. The van der Waals surface area contributed by atoms with Crippen LogP contribution in [0.4, 0.5) is 5.69 Å². The van der Waals surface area contributed by atoms with E-state index in [0.29, 0.717) is 16.5 Å². The third-order valence-corrected chi connectivity index (χ3v) is 3.94. The lowest BCUT2D eigenvalue weighted by Crippen LogP contribution is -2.29. The molecule has 1 aromatic rings. The highest BCUT2D eigenvalue weighted by Gasteiger charge is 2.09. The number of unbranched alkanes of at least 4 members (excludes halogenated alkanes) is 3. The van der Waals surface area contributed by atoms with Gasteiger partial charge in [0.25, 0.3) is 0 Å². The molecule has 1 aromatic carbocycles. The maximum atomic E-state index is 9.74. The zero-order valence-corrected chi connectivity index (χ0v) is 14.8. The Bertz CT molecular complexity index is 455. The van der Waals surface area contributed by atoms with Gasteiger partial charge in [-0.25, -0.2) is 0 Å². The molecule has 0 unspecified atom stereocenters. The van der Waals surface area contributed by atoms with Gasteiger partial charge in [-0.1, -0.05) is 26.2 Å². The minimum absolute atomic E-state index is 0.208. The van der Waals surface area contributed by atoms with Gasteiger partial charge in [0.1, 0.15) is 11.5 Å². The number of benzene rings is 1. The van der Waals surface area contributed by atoms with Crippen molar-refractivity contribution < 1.29 is 9.84 Å². The highest BCUT2D eigenvalue weighted by atomic mass is 127. The molecule has 0 spiro atoms. The number of phenolic OH excluding ortho intramolecular Hbond substituents is 1.